The van der Waals surface area contributed by atoms with E-state index in [9.17, 15) is 9.59 Å². The van der Waals surface area contributed by atoms with Crippen molar-refractivity contribution in [2.45, 2.75) is 62.7 Å². The number of piperazine rings is 1. The van der Waals surface area contributed by atoms with Gasteiger partial charge in [-0.15, -0.1) is 0 Å². The Morgan fingerprint density at radius 1 is 0.935 bits per heavy atom. The van der Waals surface area contributed by atoms with Crippen LogP contribution in [0.5, 0.6) is 0 Å². The standard InChI is InChI=1S/C26H37N3O2/c1-27-14-16-28(17-15-27)24(30)18-21-19-26(23-9-5-4-8-22(21)23)10-12-29(13-11-26)25(31)20-6-2-3-7-20/h4-5,8-9,20-21H,2-3,6-7,10-19H2,1H3. The van der Waals surface area contributed by atoms with Crippen molar-refractivity contribution >= 4 is 11.8 Å². The van der Waals surface area contributed by atoms with Crippen LogP contribution in [0.1, 0.15) is 68.4 Å². The van der Waals surface area contributed by atoms with Crippen molar-refractivity contribution in [2.75, 3.05) is 46.3 Å². The van der Waals surface area contributed by atoms with Crippen molar-refractivity contribution in [2.24, 2.45) is 5.92 Å². The molecule has 1 aromatic rings. The first-order chi connectivity index (χ1) is 15.1. The van der Waals surface area contributed by atoms with Crippen LogP contribution in [0.3, 0.4) is 0 Å². The summed E-state index contributed by atoms with van der Waals surface area (Å²) in [5.41, 5.74) is 3.00. The summed E-state index contributed by atoms with van der Waals surface area (Å²) in [7, 11) is 2.13. The molecule has 1 saturated carbocycles. The van der Waals surface area contributed by atoms with Crippen LogP contribution in [-0.4, -0.2) is 72.8 Å². The zero-order chi connectivity index (χ0) is 21.4. The number of benzene rings is 1. The van der Waals surface area contributed by atoms with Crippen LogP contribution in [0.2, 0.25) is 0 Å². The molecule has 5 rings (SSSR count). The summed E-state index contributed by atoms with van der Waals surface area (Å²) >= 11 is 0. The van der Waals surface area contributed by atoms with Crippen LogP contribution in [0.4, 0.5) is 0 Å². The zero-order valence-corrected chi connectivity index (χ0v) is 19.0. The topological polar surface area (TPSA) is 43.9 Å². The summed E-state index contributed by atoms with van der Waals surface area (Å²) < 4.78 is 0. The van der Waals surface area contributed by atoms with Gasteiger partial charge in [0.2, 0.25) is 11.8 Å². The first-order valence-electron chi connectivity index (χ1n) is 12.4. The van der Waals surface area contributed by atoms with Crippen molar-refractivity contribution in [3.8, 4) is 0 Å². The number of likely N-dealkylation sites (tertiary alicyclic amines) is 1. The summed E-state index contributed by atoms with van der Waals surface area (Å²) in [6.07, 6.45) is 8.38. The average molecular weight is 424 g/mol. The molecule has 2 aliphatic heterocycles. The second-order valence-corrected chi connectivity index (χ2v) is 10.5. The van der Waals surface area contributed by atoms with Gasteiger partial charge in [0.1, 0.15) is 0 Å². The van der Waals surface area contributed by atoms with E-state index in [1.807, 2.05) is 0 Å². The molecule has 0 bridgehead atoms. The Morgan fingerprint density at radius 3 is 2.32 bits per heavy atom. The van der Waals surface area contributed by atoms with Crippen molar-refractivity contribution in [3.05, 3.63) is 35.4 Å². The number of carbonyl (C=O) groups excluding carboxylic acids is 2. The van der Waals surface area contributed by atoms with E-state index in [0.29, 0.717) is 24.2 Å². The molecule has 2 amide bonds. The second kappa shape index (κ2) is 8.57. The van der Waals surface area contributed by atoms with Gasteiger partial charge < -0.3 is 14.7 Å². The van der Waals surface area contributed by atoms with E-state index in [1.165, 1.54) is 24.0 Å². The number of carbonyl (C=O) groups is 2. The summed E-state index contributed by atoms with van der Waals surface area (Å²) in [6, 6.07) is 8.83. The van der Waals surface area contributed by atoms with E-state index in [-0.39, 0.29) is 11.3 Å². The Balaban J connectivity index is 1.27. The lowest BCUT2D eigenvalue weighted by molar-refractivity contribution is -0.137. The number of nitrogens with zero attached hydrogens (tertiary/aromatic N) is 3. The molecule has 1 aromatic carbocycles. The molecule has 4 aliphatic rings. The Morgan fingerprint density at radius 2 is 1.61 bits per heavy atom. The van der Waals surface area contributed by atoms with Crippen LogP contribution < -0.4 is 0 Å². The summed E-state index contributed by atoms with van der Waals surface area (Å²) in [6.45, 7) is 5.41. The molecular formula is C26H37N3O2. The van der Waals surface area contributed by atoms with Crippen molar-refractivity contribution < 1.29 is 9.59 Å². The Hall–Kier alpha value is -1.88. The largest absolute Gasteiger partial charge is 0.342 e. The number of fused-ring (bicyclic) bond motifs is 2. The Bertz CT molecular complexity index is 816. The second-order valence-electron chi connectivity index (χ2n) is 10.5. The lowest BCUT2D eigenvalue weighted by Gasteiger charge is -2.41. The van der Waals surface area contributed by atoms with Gasteiger partial charge in [-0.05, 0) is 61.6 Å². The van der Waals surface area contributed by atoms with Crippen LogP contribution in [-0.2, 0) is 15.0 Å². The summed E-state index contributed by atoms with van der Waals surface area (Å²) in [5, 5.41) is 0. The minimum atomic E-state index is 0.149. The third-order valence-corrected chi connectivity index (χ3v) is 8.62. The third-order valence-electron chi connectivity index (χ3n) is 8.62. The van der Waals surface area contributed by atoms with Gasteiger partial charge in [0.15, 0.2) is 0 Å². The van der Waals surface area contributed by atoms with Gasteiger partial charge in [-0.25, -0.2) is 0 Å². The first kappa shape index (κ1) is 21.0. The van der Waals surface area contributed by atoms with Crippen LogP contribution >= 0.6 is 0 Å². The summed E-state index contributed by atoms with van der Waals surface area (Å²) in [4.78, 5) is 32.5. The molecular weight excluding hydrogens is 386 g/mol. The van der Waals surface area contributed by atoms with Crippen molar-refractivity contribution in [1.82, 2.24) is 14.7 Å². The molecule has 1 spiro atoms. The maximum Gasteiger partial charge on any atom is 0.225 e. The summed E-state index contributed by atoms with van der Waals surface area (Å²) in [5.74, 6) is 1.32. The van der Waals surface area contributed by atoms with Gasteiger partial charge in [0, 0.05) is 51.6 Å². The number of hydrogen-bond donors (Lipinski definition) is 0. The fourth-order valence-corrected chi connectivity index (χ4v) is 6.66. The smallest absolute Gasteiger partial charge is 0.225 e. The van der Waals surface area contributed by atoms with Gasteiger partial charge in [-0.2, -0.15) is 0 Å². The molecule has 2 aliphatic carbocycles. The van der Waals surface area contributed by atoms with Gasteiger partial charge in [-0.1, -0.05) is 37.1 Å². The number of hydrogen-bond acceptors (Lipinski definition) is 3. The number of amides is 2. The third kappa shape index (κ3) is 4.02. The SMILES string of the molecule is CN1CCN(C(=O)CC2CC3(CCN(C(=O)C4CCCC4)CC3)c3ccccc32)CC1. The van der Waals surface area contributed by atoms with E-state index in [4.69, 9.17) is 0 Å². The number of rotatable bonds is 3. The predicted octanol–water partition coefficient (Wildman–Crippen LogP) is 3.39. The highest BCUT2D eigenvalue weighted by Gasteiger charge is 2.46. The highest BCUT2D eigenvalue weighted by atomic mass is 16.2. The van der Waals surface area contributed by atoms with E-state index in [0.717, 1.165) is 71.4 Å². The maximum absolute atomic E-state index is 13.1. The molecule has 2 heterocycles. The Kier molecular flexibility index (Phi) is 5.80. The van der Waals surface area contributed by atoms with Crippen LogP contribution in [0.15, 0.2) is 24.3 Å². The van der Waals surface area contributed by atoms with Gasteiger partial charge >= 0.3 is 0 Å². The highest BCUT2D eigenvalue weighted by Crippen LogP contribution is 2.53. The van der Waals surface area contributed by atoms with Gasteiger partial charge in [0.25, 0.3) is 0 Å². The minimum Gasteiger partial charge on any atom is -0.342 e. The van der Waals surface area contributed by atoms with E-state index >= 15 is 0 Å². The first-order valence-corrected chi connectivity index (χ1v) is 12.4. The molecule has 2 saturated heterocycles. The van der Waals surface area contributed by atoms with Gasteiger partial charge in [0.05, 0.1) is 0 Å². The molecule has 3 fully saturated rings. The van der Waals surface area contributed by atoms with Crippen LogP contribution in [0, 0.1) is 5.92 Å². The Labute approximate surface area is 186 Å². The predicted molar refractivity (Wildman–Crippen MR) is 122 cm³/mol. The fraction of sp³-hybridized carbons (Fsp3) is 0.692. The van der Waals surface area contributed by atoms with Gasteiger partial charge in [-0.3, -0.25) is 9.59 Å². The maximum atomic E-state index is 13.1. The molecule has 31 heavy (non-hydrogen) atoms. The van der Waals surface area contributed by atoms with Crippen LogP contribution in [0.25, 0.3) is 0 Å². The lowest BCUT2D eigenvalue weighted by Crippen LogP contribution is -2.47. The quantitative estimate of drug-likeness (QED) is 0.749. The van der Waals surface area contributed by atoms with E-state index in [2.05, 4.69) is 46.0 Å². The molecule has 1 atom stereocenters. The lowest BCUT2D eigenvalue weighted by atomic mass is 9.73. The normalized spacial score (nSPS) is 26.4. The number of piperidine rings is 1. The molecule has 5 heteroatoms. The minimum absolute atomic E-state index is 0.149. The molecule has 5 nitrogen and oxygen atoms in total. The average Bonchev–Trinajstić information content (AvgIpc) is 3.43. The zero-order valence-electron chi connectivity index (χ0n) is 19.0. The van der Waals surface area contributed by atoms with E-state index < -0.39 is 0 Å². The molecule has 168 valence electrons. The highest BCUT2D eigenvalue weighted by molar-refractivity contribution is 5.79. The number of likely N-dealkylation sites (N-methyl/N-ethyl adjacent to an activating group) is 1. The molecule has 0 aromatic heterocycles. The molecule has 0 N–H and O–H groups in total. The molecule has 1 unspecified atom stereocenters. The monoisotopic (exact) mass is 423 g/mol. The fourth-order valence-electron chi connectivity index (χ4n) is 6.66. The van der Waals surface area contributed by atoms with Crippen molar-refractivity contribution in [3.63, 3.8) is 0 Å². The van der Waals surface area contributed by atoms with E-state index in [1.54, 1.807) is 0 Å². The van der Waals surface area contributed by atoms with Crippen molar-refractivity contribution in [1.29, 1.82) is 0 Å². The molecule has 0 radical (unpaired) electrons.